The molecule has 0 unspecified atom stereocenters. The number of hydrogen-bond donors (Lipinski definition) is 2. The molecule has 148 valence electrons. The van der Waals surface area contributed by atoms with Crippen LogP contribution in [-0.2, 0) is 35.8 Å². The molecule has 0 saturated carbocycles. The molecule has 0 aromatic carbocycles. The van der Waals surface area contributed by atoms with E-state index in [1.807, 2.05) is 0 Å². The topological polar surface area (TPSA) is 125 Å². The SMILES string of the molecule is CCNc1c(S(N)(=O)=O)sc2c1CC=C(CCCOCCOC)S2(=O)=O. The highest BCUT2D eigenvalue weighted by Gasteiger charge is 2.35. The second-order valence-corrected chi connectivity index (χ2v) is 10.7. The molecule has 0 aliphatic carbocycles. The van der Waals surface area contributed by atoms with Crippen LogP contribution in [-0.4, -0.2) is 50.3 Å². The number of sulfone groups is 1. The molecule has 0 bridgehead atoms. The van der Waals surface area contributed by atoms with Gasteiger partial charge < -0.3 is 14.8 Å². The van der Waals surface area contributed by atoms with Crippen molar-refractivity contribution in [3.05, 3.63) is 16.5 Å². The van der Waals surface area contributed by atoms with Crippen molar-refractivity contribution in [3.8, 4) is 0 Å². The molecule has 1 aromatic heterocycles. The Morgan fingerprint density at radius 1 is 1.31 bits per heavy atom. The number of thiophene rings is 1. The lowest BCUT2D eigenvalue weighted by atomic mass is 10.1. The summed E-state index contributed by atoms with van der Waals surface area (Å²) in [6.45, 7) is 3.64. The molecule has 0 atom stereocenters. The van der Waals surface area contributed by atoms with Crippen molar-refractivity contribution in [2.24, 2.45) is 5.14 Å². The Labute approximate surface area is 158 Å². The lowest BCUT2D eigenvalue weighted by Crippen LogP contribution is -2.14. The fraction of sp³-hybridized carbons (Fsp3) is 0.600. The number of fused-ring (bicyclic) bond motifs is 1. The van der Waals surface area contributed by atoms with E-state index in [2.05, 4.69) is 5.32 Å². The third-order valence-corrected chi connectivity index (χ3v) is 9.01. The third-order valence-electron chi connectivity index (χ3n) is 3.82. The second-order valence-electron chi connectivity index (χ2n) is 5.69. The first-order valence-corrected chi connectivity index (χ1v) is 12.0. The molecule has 8 nitrogen and oxygen atoms in total. The summed E-state index contributed by atoms with van der Waals surface area (Å²) in [5, 5.41) is 8.21. The van der Waals surface area contributed by atoms with Gasteiger partial charge in [-0.1, -0.05) is 6.08 Å². The zero-order valence-electron chi connectivity index (χ0n) is 14.8. The molecule has 11 heteroatoms. The Bertz CT molecular complexity index is 871. The Balaban J connectivity index is 2.22. The first kappa shape index (κ1) is 21.3. The number of hydrogen-bond acceptors (Lipinski definition) is 8. The van der Waals surface area contributed by atoms with Gasteiger partial charge in [0.25, 0.3) is 0 Å². The lowest BCUT2D eigenvalue weighted by molar-refractivity contribution is 0.0697. The zero-order valence-corrected chi connectivity index (χ0v) is 17.2. The van der Waals surface area contributed by atoms with Gasteiger partial charge >= 0.3 is 0 Å². The fourth-order valence-corrected chi connectivity index (χ4v) is 7.26. The summed E-state index contributed by atoms with van der Waals surface area (Å²) in [6, 6.07) is 0. The van der Waals surface area contributed by atoms with Crippen LogP contribution in [0.25, 0.3) is 0 Å². The van der Waals surface area contributed by atoms with E-state index in [-0.39, 0.29) is 8.42 Å². The molecule has 1 aromatic rings. The normalized spacial score (nSPS) is 16.2. The number of rotatable bonds is 10. The van der Waals surface area contributed by atoms with Crippen LogP contribution in [0.3, 0.4) is 0 Å². The highest BCUT2D eigenvalue weighted by Crippen LogP contribution is 2.44. The minimum absolute atomic E-state index is 0.0651. The summed E-state index contributed by atoms with van der Waals surface area (Å²) in [4.78, 5) is 0.297. The molecular weight excluding hydrogens is 400 g/mol. The van der Waals surface area contributed by atoms with E-state index in [0.29, 0.717) is 61.8 Å². The van der Waals surface area contributed by atoms with Crippen LogP contribution in [0.5, 0.6) is 0 Å². The molecule has 0 radical (unpaired) electrons. The quantitative estimate of drug-likeness (QED) is 0.545. The maximum atomic E-state index is 12.9. The number of nitrogens with two attached hydrogens (primary N) is 1. The minimum atomic E-state index is -4.01. The standard InChI is InChI=1S/C15H24N2O6S3/c1-3-17-13-12-7-6-11(5-4-8-23-10-9-22-2)25(18,19)14(12)24-15(13)26(16,20)21/h6,17H,3-5,7-10H2,1-2H3,(H2,16,20,21). The predicted molar refractivity (Wildman–Crippen MR) is 101 cm³/mol. The molecule has 0 saturated heterocycles. The largest absolute Gasteiger partial charge is 0.383 e. The minimum Gasteiger partial charge on any atom is -0.383 e. The monoisotopic (exact) mass is 424 g/mol. The highest BCUT2D eigenvalue weighted by molar-refractivity contribution is 7.98. The highest BCUT2D eigenvalue weighted by atomic mass is 32.3. The van der Waals surface area contributed by atoms with E-state index in [1.54, 1.807) is 20.1 Å². The number of allylic oxidation sites excluding steroid dienone is 2. The van der Waals surface area contributed by atoms with Gasteiger partial charge in [0.1, 0.15) is 4.21 Å². The molecule has 2 heterocycles. The van der Waals surface area contributed by atoms with Crippen LogP contribution in [0.15, 0.2) is 19.4 Å². The van der Waals surface area contributed by atoms with Crippen molar-refractivity contribution in [1.29, 1.82) is 0 Å². The molecule has 0 fully saturated rings. The van der Waals surface area contributed by atoms with E-state index in [9.17, 15) is 16.8 Å². The summed E-state index contributed by atoms with van der Waals surface area (Å²) < 4.78 is 59.6. The van der Waals surface area contributed by atoms with Gasteiger partial charge in [-0.05, 0) is 26.2 Å². The Morgan fingerprint density at radius 3 is 2.65 bits per heavy atom. The summed E-state index contributed by atoms with van der Waals surface area (Å²) in [5.41, 5.74) is 0.776. The van der Waals surface area contributed by atoms with Crippen molar-refractivity contribution in [2.45, 2.75) is 34.6 Å². The van der Waals surface area contributed by atoms with E-state index >= 15 is 0 Å². The summed E-state index contributed by atoms with van der Waals surface area (Å²) in [7, 11) is -6.15. The first-order valence-electron chi connectivity index (χ1n) is 8.16. The van der Waals surface area contributed by atoms with Crippen LogP contribution in [0, 0.1) is 0 Å². The molecule has 26 heavy (non-hydrogen) atoms. The summed E-state index contributed by atoms with van der Waals surface area (Å²) >= 11 is 0.718. The molecule has 0 spiro atoms. The lowest BCUT2D eigenvalue weighted by Gasteiger charge is -2.16. The van der Waals surface area contributed by atoms with Gasteiger partial charge in [0.05, 0.1) is 18.9 Å². The van der Waals surface area contributed by atoms with Crippen LogP contribution in [0.2, 0.25) is 0 Å². The number of ether oxygens (including phenoxy) is 2. The molecular formula is C15H24N2O6S3. The number of sulfonamides is 1. The average molecular weight is 425 g/mol. The third kappa shape index (κ3) is 4.65. The molecule has 1 aliphatic heterocycles. The number of methoxy groups -OCH3 is 1. The number of anilines is 1. The van der Waals surface area contributed by atoms with E-state index in [0.717, 1.165) is 11.3 Å². The van der Waals surface area contributed by atoms with Crippen molar-refractivity contribution in [1.82, 2.24) is 0 Å². The van der Waals surface area contributed by atoms with Crippen LogP contribution >= 0.6 is 11.3 Å². The maximum absolute atomic E-state index is 12.9. The number of nitrogens with one attached hydrogen (secondary N) is 1. The fourth-order valence-electron chi connectivity index (χ4n) is 2.65. The van der Waals surface area contributed by atoms with Gasteiger partial charge in [-0.3, -0.25) is 0 Å². The predicted octanol–water partition coefficient (Wildman–Crippen LogP) is 1.48. The van der Waals surface area contributed by atoms with Crippen molar-refractivity contribution in [3.63, 3.8) is 0 Å². The number of primary sulfonamides is 1. The summed E-state index contributed by atoms with van der Waals surface area (Å²) in [5.74, 6) is 0. The molecule has 2 rings (SSSR count). The van der Waals surface area contributed by atoms with Crippen LogP contribution in [0.1, 0.15) is 25.3 Å². The van der Waals surface area contributed by atoms with Crippen molar-refractivity contribution < 1.29 is 26.3 Å². The first-order chi connectivity index (χ1) is 12.2. The van der Waals surface area contributed by atoms with Crippen molar-refractivity contribution >= 4 is 36.9 Å². The van der Waals surface area contributed by atoms with Crippen LogP contribution in [0.4, 0.5) is 5.69 Å². The molecule has 3 N–H and O–H groups in total. The smallest absolute Gasteiger partial charge is 0.249 e. The van der Waals surface area contributed by atoms with Gasteiger partial charge in [0, 0.05) is 30.7 Å². The van der Waals surface area contributed by atoms with Gasteiger partial charge in [-0.2, -0.15) is 0 Å². The van der Waals surface area contributed by atoms with Gasteiger partial charge in [0.2, 0.25) is 19.9 Å². The molecule has 1 aliphatic rings. The second kappa shape index (κ2) is 8.81. The van der Waals surface area contributed by atoms with E-state index in [4.69, 9.17) is 14.6 Å². The van der Waals surface area contributed by atoms with Gasteiger partial charge in [-0.15, -0.1) is 11.3 Å². The zero-order chi connectivity index (χ0) is 19.4. The Morgan fingerprint density at radius 2 is 2.04 bits per heavy atom. The maximum Gasteiger partial charge on any atom is 0.249 e. The van der Waals surface area contributed by atoms with E-state index in [1.165, 1.54) is 0 Å². The average Bonchev–Trinajstić information content (AvgIpc) is 2.93. The van der Waals surface area contributed by atoms with E-state index < -0.39 is 19.9 Å². The van der Waals surface area contributed by atoms with Crippen LogP contribution < -0.4 is 10.5 Å². The molecule has 0 amide bonds. The Kier molecular flexibility index (Phi) is 7.22. The van der Waals surface area contributed by atoms with Crippen molar-refractivity contribution in [2.75, 3.05) is 38.8 Å². The summed E-state index contributed by atoms with van der Waals surface area (Å²) in [6.07, 6.45) is 2.89. The Hall–Kier alpha value is -0.980. The van der Waals surface area contributed by atoms with Gasteiger partial charge in [0.15, 0.2) is 4.21 Å². The van der Waals surface area contributed by atoms with Gasteiger partial charge in [-0.25, -0.2) is 22.0 Å².